The summed E-state index contributed by atoms with van der Waals surface area (Å²) in [6.07, 6.45) is 5.30. The quantitative estimate of drug-likeness (QED) is 0.354. The van der Waals surface area contributed by atoms with E-state index in [-0.39, 0.29) is 0 Å². The summed E-state index contributed by atoms with van der Waals surface area (Å²) in [5.41, 5.74) is 3.27. The van der Waals surface area contributed by atoms with Crippen LogP contribution in [0.4, 0.5) is 11.6 Å². The second kappa shape index (κ2) is 6.88. The van der Waals surface area contributed by atoms with E-state index in [4.69, 9.17) is 15.3 Å². The molecule has 2 heterocycles. The summed E-state index contributed by atoms with van der Waals surface area (Å²) in [6, 6.07) is 0. The molecule has 0 aromatic carbocycles. The summed E-state index contributed by atoms with van der Waals surface area (Å²) in [6.45, 7) is 2.37. The van der Waals surface area contributed by atoms with Crippen LogP contribution in [0.3, 0.4) is 0 Å². The fourth-order valence-corrected chi connectivity index (χ4v) is 1.61. The largest absolute Gasteiger partial charge is 0.382 e. The number of ether oxygens (including phenoxy) is 2. The molecular weight excluding hydrogens is 248 g/mol. The Morgan fingerprint density at radius 1 is 1.37 bits per heavy atom. The first-order valence-electron chi connectivity index (χ1n) is 5.96. The van der Waals surface area contributed by atoms with Gasteiger partial charge in [-0.3, -0.25) is 0 Å². The topological polar surface area (TPSA) is 98.7 Å². The van der Waals surface area contributed by atoms with Gasteiger partial charge in [-0.15, -0.1) is 0 Å². The lowest BCUT2D eigenvalue weighted by Crippen LogP contribution is -2.15. The first kappa shape index (κ1) is 13.5. The van der Waals surface area contributed by atoms with Crippen molar-refractivity contribution >= 4 is 17.3 Å². The normalized spacial score (nSPS) is 10.8. The Labute approximate surface area is 110 Å². The minimum atomic E-state index is 0.563. The molecule has 0 fully saturated rings. The van der Waals surface area contributed by atoms with Crippen LogP contribution in [-0.4, -0.2) is 47.8 Å². The number of methoxy groups -OCH3 is 1. The number of imidazole rings is 1. The highest BCUT2D eigenvalue weighted by molar-refractivity contribution is 5.65. The maximum absolute atomic E-state index is 5.38. The number of anilines is 2. The lowest BCUT2D eigenvalue weighted by Gasteiger charge is -2.09. The van der Waals surface area contributed by atoms with E-state index in [0.717, 1.165) is 5.65 Å². The minimum Gasteiger partial charge on any atom is -0.382 e. The zero-order valence-electron chi connectivity index (χ0n) is 10.8. The average molecular weight is 266 g/mol. The zero-order chi connectivity index (χ0) is 13.5. The molecule has 0 atom stereocenters. The number of hydrogen-bond acceptors (Lipinski definition) is 7. The Morgan fingerprint density at radius 2 is 2.26 bits per heavy atom. The first-order chi connectivity index (χ1) is 9.35. The van der Waals surface area contributed by atoms with Crippen molar-refractivity contribution in [1.82, 2.24) is 14.4 Å². The van der Waals surface area contributed by atoms with Gasteiger partial charge < -0.3 is 24.6 Å². The second-order valence-electron chi connectivity index (χ2n) is 3.81. The van der Waals surface area contributed by atoms with Gasteiger partial charge in [0.25, 0.3) is 0 Å². The third kappa shape index (κ3) is 3.53. The fourth-order valence-electron chi connectivity index (χ4n) is 1.61. The van der Waals surface area contributed by atoms with E-state index < -0.39 is 0 Å². The summed E-state index contributed by atoms with van der Waals surface area (Å²) >= 11 is 0. The summed E-state index contributed by atoms with van der Waals surface area (Å²) in [5.74, 6) is 6.60. The predicted molar refractivity (Wildman–Crippen MR) is 72.0 cm³/mol. The van der Waals surface area contributed by atoms with Gasteiger partial charge in [0.15, 0.2) is 17.3 Å². The van der Waals surface area contributed by atoms with Gasteiger partial charge in [-0.05, 0) is 0 Å². The molecule has 8 nitrogen and oxygen atoms in total. The molecule has 104 valence electrons. The van der Waals surface area contributed by atoms with Crippen molar-refractivity contribution in [2.45, 2.75) is 0 Å². The molecule has 0 aliphatic carbocycles. The Balaban J connectivity index is 1.93. The van der Waals surface area contributed by atoms with Crippen LogP contribution in [0.2, 0.25) is 0 Å². The molecule has 0 radical (unpaired) electrons. The molecule has 8 heteroatoms. The molecule has 4 N–H and O–H groups in total. The summed E-state index contributed by atoms with van der Waals surface area (Å²) in [4.78, 5) is 8.55. The van der Waals surface area contributed by atoms with Crippen molar-refractivity contribution in [1.29, 1.82) is 0 Å². The molecule has 19 heavy (non-hydrogen) atoms. The van der Waals surface area contributed by atoms with Crippen LogP contribution in [-0.2, 0) is 9.47 Å². The van der Waals surface area contributed by atoms with Gasteiger partial charge in [-0.25, -0.2) is 15.8 Å². The molecule has 0 spiro atoms. The van der Waals surface area contributed by atoms with Gasteiger partial charge >= 0.3 is 0 Å². The SMILES string of the molecule is COCCOCCNc1nc(NN)cn2ccnc12. The minimum absolute atomic E-state index is 0.563. The van der Waals surface area contributed by atoms with Gasteiger partial charge in [-0.2, -0.15) is 0 Å². The molecular formula is C11H18N6O2. The highest BCUT2D eigenvalue weighted by Gasteiger charge is 2.06. The number of nitrogen functional groups attached to an aromatic ring is 1. The first-order valence-corrected chi connectivity index (χ1v) is 5.96. The smallest absolute Gasteiger partial charge is 0.180 e. The molecule has 0 aliphatic heterocycles. The lowest BCUT2D eigenvalue weighted by molar-refractivity contribution is 0.0759. The highest BCUT2D eigenvalue weighted by Crippen LogP contribution is 2.15. The van der Waals surface area contributed by atoms with E-state index in [1.54, 1.807) is 19.5 Å². The van der Waals surface area contributed by atoms with Gasteiger partial charge in [0.2, 0.25) is 0 Å². The van der Waals surface area contributed by atoms with E-state index in [1.807, 2.05) is 10.6 Å². The van der Waals surface area contributed by atoms with Crippen molar-refractivity contribution in [3.8, 4) is 0 Å². The third-order valence-electron chi connectivity index (χ3n) is 2.49. The van der Waals surface area contributed by atoms with Crippen molar-refractivity contribution in [3.63, 3.8) is 0 Å². The molecule has 2 rings (SSSR count). The molecule has 2 aromatic heterocycles. The molecule has 0 amide bonds. The van der Waals surface area contributed by atoms with E-state index in [2.05, 4.69) is 20.7 Å². The zero-order valence-corrected chi connectivity index (χ0v) is 10.8. The molecule has 2 aromatic rings. The van der Waals surface area contributed by atoms with Crippen molar-refractivity contribution < 1.29 is 9.47 Å². The Morgan fingerprint density at radius 3 is 3.05 bits per heavy atom. The van der Waals surface area contributed by atoms with Gasteiger partial charge in [-0.1, -0.05) is 0 Å². The van der Waals surface area contributed by atoms with Gasteiger partial charge in [0, 0.05) is 26.0 Å². The van der Waals surface area contributed by atoms with E-state index in [9.17, 15) is 0 Å². The van der Waals surface area contributed by atoms with Crippen molar-refractivity contribution in [3.05, 3.63) is 18.6 Å². The monoisotopic (exact) mass is 266 g/mol. The van der Waals surface area contributed by atoms with Crippen LogP contribution in [0.1, 0.15) is 0 Å². The van der Waals surface area contributed by atoms with Crippen LogP contribution in [0.15, 0.2) is 18.6 Å². The second-order valence-corrected chi connectivity index (χ2v) is 3.81. The number of rotatable bonds is 8. The van der Waals surface area contributed by atoms with E-state index in [1.165, 1.54) is 0 Å². The van der Waals surface area contributed by atoms with E-state index >= 15 is 0 Å². The van der Waals surface area contributed by atoms with Gasteiger partial charge in [0.05, 0.1) is 26.0 Å². The van der Waals surface area contributed by atoms with Crippen molar-refractivity contribution in [2.75, 3.05) is 44.2 Å². The summed E-state index contributed by atoms with van der Waals surface area (Å²) in [5, 5.41) is 3.17. The van der Waals surface area contributed by atoms with Crippen LogP contribution in [0, 0.1) is 0 Å². The number of fused-ring (bicyclic) bond motifs is 1. The third-order valence-corrected chi connectivity index (χ3v) is 2.49. The molecule has 0 aliphatic rings. The van der Waals surface area contributed by atoms with Crippen LogP contribution in [0.25, 0.3) is 5.65 Å². The maximum atomic E-state index is 5.38. The Hall–Kier alpha value is -1.90. The van der Waals surface area contributed by atoms with Crippen molar-refractivity contribution in [2.24, 2.45) is 5.84 Å². The number of nitrogens with one attached hydrogen (secondary N) is 2. The number of hydrazine groups is 1. The molecule has 0 saturated carbocycles. The highest BCUT2D eigenvalue weighted by atomic mass is 16.5. The maximum Gasteiger partial charge on any atom is 0.180 e. The fraction of sp³-hybridized carbons (Fsp3) is 0.455. The standard InChI is InChI=1S/C11H18N6O2/c1-18-6-7-19-5-3-13-10-11-14-2-4-17(11)8-9(15-10)16-12/h2,4,8,16H,3,5-7,12H2,1H3,(H,13,15). The number of hydrogen-bond donors (Lipinski definition) is 3. The number of nitrogens with two attached hydrogens (primary N) is 1. The van der Waals surface area contributed by atoms with Crippen LogP contribution >= 0.6 is 0 Å². The lowest BCUT2D eigenvalue weighted by atomic mass is 10.5. The molecule has 0 unspecified atom stereocenters. The Bertz CT molecular complexity index is 515. The Kier molecular flexibility index (Phi) is 4.90. The number of aromatic nitrogens is 3. The number of nitrogens with zero attached hydrogens (tertiary/aromatic N) is 3. The molecule has 0 saturated heterocycles. The van der Waals surface area contributed by atoms with Gasteiger partial charge in [0.1, 0.15) is 0 Å². The molecule has 0 bridgehead atoms. The predicted octanol–water partition coefficient (Wildman–Crippen LogP) is 0.0898. The van der Waals surface area contributed by atoms with Crippen LogP contribution < -0.4 is 16.6 Å². The summed E-state index contributed by atoms with van der Waals surface area (Å²) in [7, 11) is 1.64. The van der Waals surface area contributed by atoms with Crippen LogP contribution in [0.5, 0.6) is 0 Å². The summed E-state index contributed by atoms with van der Waals surface area (Å²) < 4.78 is 12.1. The average Bonchev–Trinajstić information content (AvgIpc) is 2.90. The van der Waals surface area contributed by atoms with E-state index in [0.29, 0.717) is 38.0 Å².